The molecule has 2 aromatic rings. The lowest BCUT2D eigenvalue weighted by molar-refractivity contribution is -0.138. The molecule has 8 heteroatoms. The van der Waals surface area contributed by atoms with Gasteiger partial charge in [0.1, 0.15) is 5.54 Å². The fraction of sp³-hybridized carbons (Fsp3) is 0.286. The summed E-state index contributed by atoms with van der Waals surface area (Å²) in [5, 5.41) is 2.42. The molecule has 1 aliphatic rings. The van der Waals surface area contributed by atoms with Crippen molar-refractivity contribution in [3.05, 3.63) is 70.3 Å². The summed E-state index contributed by atoms with van der Waals surface area (Å²) >= 11 is 0. The zero-order valence-corrected chi connectivity index (χ0v) is 16.1. The number of benzene rings is 2. The number of halogens is 3. The van der Waals surface area contributed by atoms with Crippen LogP contribution < -0.4 is 5.32 Å². The van der Waals surface area contributed by atoms with Crippen LogP contribution in [0, 0.1) is 13.8 Å². The summed E-state index contributed by atoms with van der Waals surface area (Å²) in [6.07, 6.45) is -4.59. The number of urea groups is 1. The first-order valence-electron chi connectivity index (χ1n) is 8.86. The molecule has 1 fully saturated rings. The number of carbonyl (C=O) groups excluding carboxylic acids is 3. The lowest BCUT2D eigenvalue weighted by Gasteiger charge is -2.23. The third-order valence-corrected chi connectivity index (χ3v) is 5.17. The molecular formula is C21H19F3N2O3. The van der Waals surface area contributed by atoms with Gasteiger partial charge in [-0.05, 0) is 55.7 Å². The van der Waals surface area contributed by atoms with Crippen LogP contribution in [-0.4, -0.2) is 29.2 Å². The van der Waals surface area contributed by atoms with Gasteiger partial charge >= 0.3 is 12.2 Å². The topological polar surface area (TPSA) is 66.5 Å². The quantitative estimate of drug-likeness (QED) is 0.619. The first-order chi connectivity index (χ1) is 13.4. The SMILES string of the molecule is Cc1ccc(C(=O)CN2C(=O)NC(C)(c3cccc(C(F)(F)F)c3)C2=O)cc1C. The Kier molecular flexibility index (Phi) is 4.98. The molecule has 5 nitrogen and oxygen atoms in total. The van der Waals surface area contributed by atoms with E-state index < -0.39 is 41.5 Å². The van der Waals surface area contributed by atoms with Crippen molar-refractivity contribution in [1.82, 2.24) is 10.2 Å². The van der Waals surface area contributed by atoms with Gasteiger partial charge in [-0.25, -0.2) is 4.79 Å². The minimum atomic E-state index is -4.59. The number of amides is 3. The molecule has 1 heterocycles. The van der Waals surface area contributed by atoms with Crippen LogP contribution in [0.3, 0.4) is 0 Å². The number of imide groups is 1. The Morgan fingerprint density at radius 1 is 1.07 bits per heavy atom. The normalized spacial score (nSPS) is 19.4. The van der Waals surface area contributed by atoms with Gasteiger partial charge in [-0.3, -0.25) is 14.5 Å². The molecule has 1 saturated heterocycles. The molecule has 1 atom stereocenters. The lowest BCUT2D eigenvalue weighted by atomic mass is 9.90. The van der Waals surface area contributed by atoms with Gasteiger partial charge in [-0.1, -0.05) is 24.3 Å². The molecule has 1 N–H and O–H groups in total. The summed E-state index contributed by atoms with van der Waals surface area (Å²) in [5.74, 6) is -1.22. The number of alkyl halides is 3. The average molecular weight is 404 g/mol. The first-order valence-corrected chi connectivity index (χ1v) is 8.86. The number of Topliss-reactive ketones (excluding diaryl/α,β-unsaturated/α-hetero) is 1. The summed E-state index contributed by atoms with van der Waals surface area (Å²) in [5.41, 5.74) is -0.395. The summed E-state index contributed by atoms with van der Waals surface area (Å²) in [7, 11) is 0. The third-order valence-electron chi connectivity index (χ3n) is 5.17. The maximum absolute atomic E-state index is 13.0. The Morgan fingerprint density at radius 2 is 1.76 bits per heavy atom. The standard InChI is InChI=1S/C21H19F3N2O3/c1-12-7-8-14(9-13(12)2)17(27)11-26-18(28)20(3,25-19(26)29)15-5-4-6-16(10-15)21(22,23)24/h4-10H,11H2,1-3H3,(H,25,29). The Labute approximate surface area is 165 Å². The van der Waals surface area contributed by atoms with E-state index in [-0.39, 0.29) is 5.56 Å². The predicted molar refractivity (Wildman–Crippen MR) is 99.3 cm³/mol. The van der Waals surface area contributed by atoms with E-state index >= 15 is 0 Å². The predicted octanol–water partition coefficient (Wildman–Crippen LogP) is 3.97. The van der Waals surface area contributed by atoms with Crippen LogP contribution in [0.4, 0.5) is 18.0 Å². The number of nitrogens with one attached hydrogen (secondary N) is 1. The van der Waals surface area contributed by atoms with Crippen molar-refractivity contribution >= 4 is 17.7 Å². The van der Waals surface area contributed by atoms with Crippen LogP contribution in [0.1, 0.15) is 39.5 Å². The minimum Gasteiger partial charge on any atom is -0.319 e. The number of hydrogen-bond donors (Lipinski definition) is 1. The molecule has 0 aromatic heterocycles. The smallest absolute Gasteiger partial charge is 0.319 e. The van der Waals surface area contributed by atoms with Crippen molar-refractivity contribution in [2.24, 2.45) is 0 Å². The molecular weight excluding hydrogens is 385 g/mol. The Balaban J connectivity index is 1.87. The number of rotatable bonds is 4. The number of hydrogen-bond acceptors (Lipinski definition) is 3. The van der Waals surface area contributed by atoms with Crippen LogP contribution in [-0.2, 0) is 16.5 Å². The van der Waals surface area contributed by atoms with Gasteiger partial charge in [0.15, 0.2) is 5.78 Å². The van der Waals surface area contributed by atoms with E-state index in [1.165, 1.54) is 19.1 Å². The molecule has 3 amide bonds. The van der Waals surface area contributed by atoms with Crippen molar-refractivity contribution in [3.8, 4) is 0 Å². The van der Waals surface area contributed by atoms with Crippen molar-refractivity contribution in [2.45, 2.75) is 32.5 Å². The minimum absolute atomic E-state index is 0.00759. The van der Waals surface area contributed by atoms with Gasteiger partial charge in [0, 0.05) is 5.56 Å². The first kappa shape index (κ1) is 20.6. The summed E-state index contributed by atoms with van der Waals surface area (Å²) < 4.78 is 39.1. The van der Waals surface area contributed by atoms with E-state index in [0.717, 1.165) is 28.2 Å². The molecule has 0 radical (unpaired) electrons. The van der Waals surface area contributed by atoms with Gasteiger partial charge in [0.05, 0.1) is 12.1 Å². The van der Waals surface area contributed by atoms with Gasteiger partial charge in [-0.15, -0.1) is 0 Å². The molecule has 0 aliphatic carbocycles. The second-order valence-corrected chi connectivity index (χ2v) is 7.25. The van der Waals surface area contributed by atoms with Gasteiger partial charge in [0.2, 0.25) is 0 Å². The molecule has 0 spiro atoms. The van der Waals surface area contributed by atoms with Gasteiger partial charge in [0.25, 0.3) is 5.91 Å². The lowest BCUT2D eigenvalue weighted by Crippen LogP contribution is -2.41. The van der Waals surface area contributed by atoms with Crippen LogP contribution in [0.5, 0.6) is 0 Å². The van der Waals surface area contributed by atoms with Gasteiger partial charge < -0.3 is 5.32 Å². The van der Waals surface area contributed by atoms with E-state index in [1.807, 2.05) is 13.8 Å². The average Bonchev–Trinajstić information content (AvgIpc) is 2.87. The van der Waals surface area contributed by atoms with Crippen molar-refractivity contribution < 1.29 is 27.6 Å². The highest BCUT2D eigenvalue weighted by Crippen LogP contribution is 2.34. The highest BCUT2D eigenvalue weighted by molar-refractivity contribution is 6.11. The molecule has 29 heavy (non-hydrogen) atoms. The molecule has 3 rings (SSSR count). The van der Waals surface area contributed by atoms with E-state index in [9.17, 15) is 27.6 Å². The number of aryl methyl sites for hydroxylation is 2. The van der Waals surface area contributed by atoms with E-state index in [0.29, 0.717) is 5.56 Å². The van der Waals surface area contributed by atoms with E-state index in [4.69, 9.17) is 0 Å². The van der Waals surface area contributed by atoms with Crippen molar-refractivity contribution in [3.63, 3.8) is 0 Å². The Morgan fingerprint density at radius 3 is 2.38 bits per heavy atom. The second kappa shape index (κ2) is 7.02. The van der Waals surface area contributed by atoms with E-state index in [1.54, 1.807) is 18.2 Å². The van der Waals surface area contributed by atoms with Crippen LogP contribution in [0.15, 0.2) is 42.5 Å². The number of carbonyl (C=O) groups is 3. The van der Waals surface area contributed by atoms with E-state index in [2.05, 4.69) is 5.32 Å². The largest absolute Gasteiger partial charge is 0.416 e. The molecule has 0 saturated carbocycles. The summed E-state index contributed by atoms with van der Waals surface area (Å²) in [4.78, 5) is 38.6. The number of ketones is 1. The summed E-state index contributed by atoms with van der Waals surface area (Å²) in [6, 6.07) is 8.43. The van der Waals surface area contributed by atoms with Crippen molar-refractivity contribution in [2.75, 3.05) is 6.54 Å². The maximum atomic E-state index is 13.0. The highest BCUT2D eigenvalue weighted by atomic mass is 19.4. The zero-order valence-electron chi connectivity index (χ0n) is 16.1. The monoisotopic (exact) mass is 404 g/mol. The van der Waals surface area contributed by atoms with Crippen molar-refractivity contribution in [1.29, 1.82) is 0 Å². The summed E-state index contributed by atoms with van der Waals surface area (Å²) in [6.45, 7) is 4.55. The molecule has 152 valence electrons. The fourth-order valence-electron chi connectivity index (χ4n) is 3.19. The third kappa shape index (κ3) is 3.74. The Bertz CT molecular complexity index is 1020. The Hall–Kier alpha value is -3.16. The molecule has 1 unspecified atom stereocenters. The number of nitrogens with zero attached hydrogens (tertiary/aromatic N) is 1. The van der Waals surface area contributed by atoms with Crippen LogP contribution in [0.25, 0.3) is 0 Å². The molecule has 0 bridgehead atoms. The molecule has 1 aliphatic heterocycles. The fourth-order valence-corrected chi connectivity index (χ4v) is 3.19. The van der Waals surface area contributed by atoms with Gasteiger partial charge in [-0.2, -0.15) is 13.2 Å². The van der Waals surface area contributed by atoms with Crippen LogP contribution >= 0.6 is 0 Å². The zero-order chi connectivity index (χ0) is 21.6. The van der Waals surface area contributed by atoms with Crippen LogP contribution in [0.2, 0.25) is 0 Å². The maximum Gasteiger partial charge on any atom is 0.416 e. The molecule has 2 aromatic carbocycles. The highest BCUT2D eigenvalue weighted by Gasteiger charge is 2.50. The second-order valence-electron chi connectivity index (χ2n) is 7.25.